The molecule has 20 heavy (non-hydrogen) atoms. The van der Waals surface area contributed by atoms with E-state index < -0.39 is 6.10 Å². The van der Waals surface area contributed by atoms with Crippen molar-refractivity contribution in [1.29, 1.82) is 0 Å². The molecule has 0 aliphatic carbocycles. The highest BCUT2D eigenvalue weighted by atomic mass is 16.5. The van der Waals surface area contributed by atoms with Crippen molar-refractivity contribution in [1.82, 2.24) is 5.32 Å². The molecule has 2 N–H and O–H groups in total. The summed E-state index contributed by atoms with van der Waals surface area (Å²) in [5.41, 5.74) is 0. The Bertz CT molecular complexity index is 522. The highest BCUT2D eigenvalue weighted by Crippen LogP contribution is 2.25. The van der Waals surface area contributed by atoms with Crippen LogP contribution in [0.15, 0.2) is 42.5 Å². The Labute approximate surface area is 120 Å². The van der Waals surface area contributed by atoms with Gasteiger partial charge in [0.05, 0.1) is 0 Å². The topological polar surface area (TPSA) is 41.5 Å². The third kappa shape index (κ3) is 4.22. The third-order valence-electron chi connectivity index (χ3n) is 3.27. The highest BCUT2D eigenvalue weighted by Gasteiger charge is 2.06. The molecule has 2 aromatic carbocycles. The van der Waals surface area contributed by atoms with Crippen molar-refractivity contribution in [2.24, 2.45) is 0 Å². The van der Waals surface area contributed by atoms with Crippen molar-refractivity contribution < 1.29 is 9.84 Å². The zero-order valence-corrected chi connectivity index (χ0v) is 12.0. The molecule has 0 aromatic heterocycles. The fraction of sp³-hybridized carbons (Fsp3) is 0.412. The number of hydrogen-bond donors (Lipinski definition) is 2. The highest BCUT2D eigenvalue weighted by molar-refractivity contribution is 5.88. The number of hydrogen-bond acceptors (Lipinski definition) is 3. The summed E-state index contributed by atoms with van der Waals surface area (Å²) in [6.45, 7) is 3.99. The summed E-state index contributed by atoms with van der Waals surface area (Å²) in [7, 11) is 0. The van der Waals surface area contributed by atoms with Gasteiger partial charge in [-0.3, -0.25) is 0 Å². The normalized spacial score (nSPS) is 12.5. The van der Waals surface area contributed by atoms with Crippen LogP contribution in [0.5, 0.6) is 5.75 Å². The van der Waals surface area contributed by atoms with E-state index in [4.69, 9.17) is 4.74 Å². The molecule has 1 atom stereocenters. The van der Waals surface area contributed by atoms with E-state index in [9.17, 15) is 5.11 Å². The van der Waals surface area contributed by atoms with E-state index in [1.807, 2.05) is 30.3 Å². The van der Waals surface area contributed by atoms with Gasteiger partial charge < -0.3 is 15.2 Å². The van der Waals surface area contributed by atoms with Gasteiger partial charge >= 0.3 is 0 Å². The number of rotatable bonds is 8. The maximum atomic E-state index is 9.89. The average molecular weight is 273 g/mol. The largest absolute Gasteiger partial charge is 0.490 e. The minimum atomic E-state index is -0.481. The van der Waals surface area contributed by atoms with Gasteiger partial charge in [-0.25, -0.2) is 0 Å². The molecule has 0 aliphatic rings. The second-order valence-electron chi connectivity index (χ2n) is 5.00. The van der Waals surface area contributed by atoms with Gasteiger partial charge in [0.2, 0.25) is 0 Å². The summed E-state index contributed by atoms with van der Waals surface area (Å²) in [5.74, 6) is 0.829. The summed E-state index contributed by atoms with van der Waals surface area (Å²) < 4.78 is 5.75. The lowest BCUT2D eigenvalue weighted by Gasteiger charge is -2.14. The van der Waals surface area contributed by atoms with Crippen molar-refractivity contribution in [3.63, 3.8) is 0 Å². The molecule has 0 bridgehead atoms. The third-order valence-corrected chi connectivity index (χ3v) is 3.27. The number of nitrogens with one attached hydrogen (secondary N) is 1. The van der Waals surface area contributed by atoms with E-state index in [1.54, 1.807) is 0 Å². The van der Waals surface area contributed by atoms with Gasteiger partial charge in [-0.2, -0.15) is 0 Å². The van der Waals surface area contributed by atoms with E-state index in [2.05, 4.69) is 24.4 Å². The molecule has 0 heterocycles. The van der Waals surface area contributed by atoms with E-state index in [1.165, 1.54) is 0 Å². The lowest BCUT2D eigenvalue weighted by molar-refractivity contribution is 0.107. The number of benzene rings is 2. The molecule has 0 fully saturated rings. The Balaban J connectivity index is 1.86. The molecule has 0 spiro atoms. The molecule has 0 saturated heterocycles. The lowest BCUT2D eigenvalue weighted by atomic mass is 10.1. The number of unbranched alkanes of at least 4 members (excludes halogenated alkanes) is 1. The minimum absolute atomic E-state index is 0.313. The second-order valence-corrected chi connectivity index (χ2v) is 5.00. The first-order valence-corrected chi connectivity index (χ1v) is 7.30. The van der Waals surface area contributed by atoms with Crippen LogP contribution in [0.1, 0.15) is 19.8 Å². The van der Waals surface area contributed by atoms with Crippen LogP contribution >= 0.6 is 0 Å². The smallest absolute Gasteiger partial charge is 0.127 e. The number of aliphatic hydroxyl groups is 1. The average Bonchev–Trinajstić information content (AvgIpc) is 2.49. The van der Waals surface area contributed by atoms with Gasteiger partial charge in [0.15, 0.2) is 0 Å². The van der Waals surface area contributed by atoms with E-state index in [0.29, 0.717) is 13.2 Å². The van der Waals surface area contributed by atoms with Gasteiger partial charge in [-0.15, -0.1) is 0 Å². The van der Waals surface area contributed by atoms with Gasteiger partial charge in [0.1, 0.15) is 18.5 Å². The van der Waals surface area contributed by atoms with Crippen molar-refractivity contribution >= 4 is 10.8 Å². The Kier molecular flexibility index (Phi) is 5.84. The lowest BCUT2D eigenvalue weighted by Crippen LogP contribution is -2.31. The Morgan fingerprint density at radius 1 is 1.15 bits per heavy atom. The summed E-state index contributed by atoms with van der Waals surface area (Å²) in [4.78, 5) is 0. The standard InChI is InChI=1S/C17H23NO2/c1-2-3-11-18-12-15(19)13-20-17-10-6-8-14-7-4-5-9-16(14)17/h4-10,15,18-19H,2-3,11-13H2,1H3. The van der Waals surface area contributed by atoms with E-state index in [0.717, 1.165) is 35.9 Å². The SMILES string of the molecule is CCCCNCC(O)COc1cccc2ccccc12. The zero-order chi connectivity index (χ0) is 14.2. The maximum Gasteiger partial charge on any atom is 0.127 e. The number of ether oxygens (including phenoxy) is 1. The van der Waals surface area contributed by atoms with E-state index >= 15 is 0 Å². The molecule has 1 unspecified atom stereocenters. The van der Waals surface area contributed by atoms with Gasteiger partial charge in [-0.1, -0.05) is 49.7 Å². The second kappa shape index (κ2) is 7.88. The first-order chi connectivity index (χ1) is 9.81. The Hall–Kier alpha value is -1.58. The Morgan fingerprint density at radius 3 is 2.80 bits per heavy atom. The maximum absolute atomic E-state index is 9.89. The van der Waals surface area contributed by atoms with Crippen molar-refractivity contribution in [2.45, 2.75) is 25.9 Å². The summed E-state index contributed by atoms with van der Waals surface area (Å²) >= 11 is 0. The summed E-state index contributed by atoms with van der Waals surface area (Å²) in [6.07, 6.45) is 1.82. The number of aliphatic hydroxyl groups excluding tert-OH is 1. The van der Waals surface area contributed by atoms with Crippen molar-refractivity contribution in [3.05, 3.63) is 42.5 Å². The molecule has 2 rings (SSSR count). The van der Waals surface area contributed by atoms with Crippen LogP contribution in [0.2, 0.25) is 0 Å². The fourth-order valence-electron chi connectivity index (χ4n) is 2.14. The van der Waals surface area contributed by atoms with Crippen LogP contribution in [-0.4, -0.2) is 30.9 Å². The first kappa shape index (κ1) is 14.8. The fourth-order valence-corrected chi connectivity index (χ4v) is 2.14. The van der Waals surface area contributed by atoms with Gasteiger partial charge in [0.25, 0.3) is 0 Å². The van der Waals surface area contributed by atoms with Gasteiger partial charge in [-0.05, 0) is 24.4 Å². The molecule has 3 nitrogen and oxygen atoms in total. The van der Waals surface area contributed by atoms with Crippen molar-refractivity contribution in [3.8, 4) is 5.75 Å². The summed E-state index contributed by atoms with van der Waals surface area (Å²) in [6, 6.07) is 14.1. The predicted octanol–water partition coefficient (Wildman–Crippen LogP) is 2.97. The molecule has 3 heteroatoms. The molecule has 0 saturated carbocycles. The molecule has 0 aliphatic heterocycles. The van der Waals surface area contributed by atoms with Gasteiger partial charge in [0, 0.05) is 11.9 Å². The van der Waals surface area contributed by atoms with Crippen LogP contribution in [-0.2, 0) is 0 Å². The van der Waals surface area contributed by atoms with Crippen LogP contribution in [0.4, 0.5) is 0 Å². The van der Waals surface area contributed by atoms with Crippen LogP contribution in [0, 0.1) is 0 Å². The molecule has 108 valence electrons. The van der Waals surface area contributed by atoms with Crippen LogP contribution in [0.3, 0.4) is 0 Å². The van der Waals surface area contributed by atoms with Crippen LogP contribution in [0.25, 0.3) is 10.8 Å². The number of fused-ring (bicyclic) bond motifs is 1. The molecule has 2 aromatic rings. The summed E-state index contributed by atoms with van der Waals surface area (Å²) in [5, 5.41) is 15.4. The molecular weight excluding hydrogens is 250 g/mol. The van der Waals surface area contributed by atoms with Crippen LogP contribution < -0.4 is 10.1 Å². The molecule has 0 radical (unpaired) electrons. The Morgan fingerprint density at radius 2 is 1.95 bits per heavy atom. The zero-order valence-electron chi connectivity index (χ0n) is 12.0. The minimum Gasteiger partial charge on any atom is -0.490 e. The quantitative estimate of drug-likeness (QED) is 0.727. The molecular formula is C17H23NO2. The predicted molar refractivity (Wildman–Crippen MR) is 83.2 cm³/mol. The molecule has 0 amide bonds. The van der Waals surface area contributed by atoms with Crippen molar-refractivity contribution in [2.75, 3.05) is 19.7 Å². The first-order valence-electron chi connectivity index (χ1n) is 7.30. The monoisotopic (exact) mass is 273 g/mol. The van der Waals surface area contributed by atoms with E-state index in [-0.39, 0.29) is 0 Å².